The van der Waals surface area contributed by atoms with Crippen LogP contribution in [0.3, 0.4) is 0 Å². The largest absolute Gasteiger partial charge is 0.368 e. The summed E-state index contributed by atoms with van der Waals surface area (Å²) in [4.78, 5) is 16.2. The molecule has 1 aromatic carbocycles. The Morgan fingerprint density at radius 3 is 2.79 bits per heavy atom. The predicted octanol–water partition coefficient (Wildman–Crippen LogP) is 1.43. The molecule has 0 bridgehead atoms. The molecule has 1 saturated heterocycles. The highest BCUT2D eigenvalue weighted by Gasteiger charge is 2.27. The number of benzene rings is 1. The van der Waals surface area contributed by atoms with Crippen LogP contribution in [0.4, 0.5) is 11.4 Å². The van der Waals surface area contributed by atoms with Crippen molar-refractivity contribution in [2.45, 2.75) is 23.8 Å². The Morgan fingerprint density at radius 1 is 1.38 bits per heavy atom. The van der Waals surface area contributed by atoms with Crippen LogP contribution in [-0.2, 0) is 9.84 Å². The molecule has 1 unspecified atom stereocenters. The van der Waals surface area contributed by atoms with E-state index in [0.717, 1.165) is 25.2 Å². The molecule has 2 aromatic rings. The molecule has 0 spiro atoms. The van der Waals surface area contributed by atoms with Crippen molar-refractivity contribution in [3.8, 4) is 0 Å². The summed E-state index contributed by atoms with van der Waals surface area (Å²) in [5.41, 5.74) is 0.261. The third-order valence-corrected chi connectivity index (χ3v) is 5.23. The first-order chi connectivity index (χ1) is 11.4. The van der Waals surface area contributed by atoms with E-state index < -0.39 is 14.8 Å². The average molecular weight is 351 g/mol. The highest BCUT2D eigenvalue weighted by molar-refractivity contribution is 7.90. The van der Waals surface area contributed by atoms with Gasteiger partial charge in [0.25, 0.3) is 5.69 Å². The summed E-state index contributed by atoms with van der Waals surface area (Å²) in [6.07, 6.45) is 5.95. The summed E-state index contributed by atoms with van der Waals surface area (Å²) in [7, 11) is -3.59. The van der Waals surface area contributed by atoms with E-state index in [0.29, 0.717) is 18.8 Å². The number of anilines is 1. The van der Waals surface area contributed by atoms with Gasteiger partial charge in [-0.3, -0.25) is 10.1 Å². The highest BCUT2D eigenvalue weighted by Crippen LogP contribution is 2.33. The van der Waals surface area contributed by atoms with Crippen LogP contribution < -0.4 is 4.90 Å². The smallest absolute Gasteiger partial charge is 0.270 e. The van der Waals surface area contributed by atoms with Gasteiger partial charge in [-0.25, -0.2) is 18.1 Å². The minimum atomic E-state index is -3.59. The van der Waals surface area contributed by atoms with E-state index in [4.69, 9.17) is 0 Å². The maximum absolute atomic E-state index is 12.1. The van der Waals surface area contributed by atoms with Gasteiger partial charge in [-0.05, 0) is 18.9 Å². The minimum Gasteiger partial charge on any atom is -0.368 e. The van der Waals surface area contributed by atoms with Crippen LogP contribution in [0, 0.1) is 10.1 Å². The van der Waals surface area contributed by atoms with Gasteiger partial charge >= 0.3 is 0 Å². The lowest BCUT2D eigenvalue weighted by atomic mass is 10.1. The minimum absolute atomic E-state index is 0.0176. The summed E-state index contributed by atoms with van der Waals surface area (Å²) in [6, 6.07) is 4.06. The number of nitro groups is 1. The first-order valence-electron chi connectivity index (χ1n) is 7.44. The molecule has 1 aromatic heterocycles. The topological polar surface area (TPSA) is 111 Å². The fourth-order valence-electron chi connectivity index (χ4n) is 2.97. The summed E-state index contributed by atoms with van der Waals surface area (Å²) < 4.78 is 26.0. The average Bonchev–Trinajstić information content (AvgIpc) is 3.08. The number of piperidine rings is 1. The quantitative estimate of drug-likeness (QED) is 0.605. The predicted molar refractivity (Wildman–Crippen MR) is 86.7 cm³/mol. The fourth-order valence-corrected chi connectivity index (χ4v) is 3.88. The molecule has 1 fully saturated rings. The monoisotopic (exact) mass is 351 g/mol. The number of hydrogen-bond acceptors (Lipinski definition) is 7. The summed E-state index contributed by atoms with van der Waals surface area (Å²) >= 11 is 0. The molecule has 0 amide bonds. The van der Waals surface area contributed by atoms with Gasteiger partial charge in [-0.2, -0.15) is 5.10 Å². The van der Waals surface area contributed by atoms with Crippen molar-refractivity contribution in [1.82, 2.24) is 14.8 Å². The SMILES string of the molecule is CS(=O)(=O)c1cc([N+](=O)[O-])ccc1N1CCCC(n2cncn2)C1. The molecule has 0 radical (unpaired) electrons. The van der Waals surface area contributed by atoms with E-state index in [-0.39, 0.29) is 16.6 Å². The van der Waals surface area contributed by atoms with E-state index in [2.05, 4.69) is 10.1 Å². The van der Waals surface area contributed by atoms with E-state index >= 15 is 0 Å². The molecular weight excluding hydrogens is 334 g/mol. The zero-order valence-electron chi connectivity index (χ0n) is 13.1. The Hall–Kier alpha value is -2.49. The van der Waals surface area contributed by atoms with E-state index in [1.165, 1.54) is 18.5 Å². The van der Waals surface area contributed by atoms with Gasteiger partial charge in [-0.1, -0.05) is 0 Å². The van der Waals surface area contributed by atoms with Crippen molar-refractivity contribution in [2.75, 3.05) is 24.2 Å². The summed E-state index contributed by atoms with van der Waals surface area (Å²) in [5.74, 6) is 0. The van der Waals surface area contributed by atoms with E-state index in [1.807, 2.05) is 4.90 Å². The molecule has 1 atom stereocenters. The maximum Gasteiger partial charge on any atom is 0.270 e. The zero-order chi connectivity index (χ0) is 17.3. The Balaban J connectivity index is 1.97. The molecular formula is C14H17N5O4S. The summed E-state index contributed by atoms with van der Waals surface area (Å²) in [6.45, 7) is 1.26. The molecule has 24 heavy (non-hydrogen) atoms. The van der Waals surface area contributed by atoms with Gasteiger partial charge in [0.1, 0.15) is 12.7 Å². The Morgan fingerprint density at radius 2 is 2.17 bits per heavy atom. The second-order valence-corrected chi connectivity index (χ2v) is 7.78. The van der Waals surface area contributed by atoms with Crippen LogP contribution in [0.2, 0.25) is 0 Å². The zero-order valence-corrected chi connectivity index (χ0v) is 13.9. The van der Waals surface area contributed by atoms with Crippen molar-refractivity contribution in [2.24, 2.45) is 0 Å². The molecule has 0 saturated carbocycles. The van der Waals surface area contributed by atoms with Crippen molar-refractivity contribution in [1.29, 1.82) is 0 Å². The maximum atomic E-state index is 12.1. The van der Waals surface area contributed by atoms with Crippen LogP contribution in [0.5, 0.6) is 0 Å². The third kappa shape index (κ3) is 3.23. The first-order valence-corrected chi connectivity index (χ1v) is 9.33. The van der Waals surface area contributed by atoms with Crippen LogP contribution in [0.1, 0.15) is 18.9 Å². The number of aromatic nitrogens is 3. The van der Waals surface area contributed by atoms with Gasteiger partial charge in [-0.15, -0.1) is 0 Å². The number of nitrogens with zero attached hydrogens (tertiary/aromatic N) is 5. The van der Waals surface area contributed by atoms with Crippen LogP contribution in [-0.4, -0.2) is 47.5 Å². The number of nitro benzene ring substituents is 1. The molecule has 128 valence electrons. The van der Waals surface area contributed by atoms with Crippen LogP contribution in [0.15, 0.2) is 35.7 Å². The molecule has 2 heterocycles. The second-order valence-electron chi connectivity index (χ2n) is 5.80. The molecule has 0 N–H and O–H groups in total. The standard InChI is InChI=1S/C14H17N5O4S/c1-24(22,23)14-7-11(19(20)21)4-5-13(14)17-6-2-3-12(8-17)18-10-15-9-16-18/h4-5,7,9-10,12H,2-3,6,8H2,1H3. The van der Waals surface area contributed by atoms with Gasteiger partial charge < -0.3 is 4.90 Å². The lowest BCUT2D eigenvalue weighted by molar-refractivity contribution is -0.385. The number of rotatable bonds is 4. The second kappa shape index (κ2) is 6.19. The first kappa shape index (κ1) is 16.4. The Labute approximate surface area is 139 Å². The van der Waals surface area contributed by atoms with Gasteiger partial charge in [0.15, 0.2) is 9.84 Å². The number of non-ortho nitro benzene ring substituents is 1. The van der Waals surface area contributed by atoms with E-state index in [1.54, 1.807) is 11.0 Å². The van der Waals surface area contributed by atoms with Gasteiger partial charge in [0.05, 0.1) is 21.5 Å². The van der Waals surface area contributed by atoms with Gasteiger partial charge in [0, 0.05) is 31.5 Å². The normalized spacial score (nSPS) is 18.5. The molecule has 1 aliphatic rings. The lowest BCUT2D eigenvalue weighted by Gasteiger charge is -2.35. The number of hydrogen-bond donors (Lipinski definition) is 0. The van der Waals surface area contributed by atoms with Crippen molar-refractivity contribution >= 4 is 21.2 Å². The fraction of sp³-hybridized carbons (Fsp3) is 0.429. The van der Waals surface area contributed by atoms with Crippen LogP contribution >= 0.6 is 0 Å². The number of sulfone groups is 1. The van der Waals surface area contributed by atoms with E-state index in [9.17, 15) is 18.5 Å². The lowest BCUT2D eigenvalue weighted by Crippen LogP contribution is -2.37. The third-order valence-electron chi connectivity index (χ3n) is 4.10. The molecule has 10 heteroatoms. The van der Waals surface area contributed by atoms with Crippen molar-refractivity contribution < 1.29 is 13.3 Å². The Kier molecular flexibility index (Phi) is 4.22. The molecule has 9 nitrogen and oxygen atoms in total. The van der Waals surface area contributed by atoms with Crippen LogP contribution in [0.25, 0.3) is 0 Å². The van der Waals surface area contributed by atoms with Crippen molar-refractivity contribution in [3.63, 3.8) is 0 Å². The van der Waals surface area contributed by atoms with Crippen molar-refractivity contribution in [3.05, 3.63) is 41.0 Å². The summed E-state index contributed by atoms with van der Waals surface area (Å²) in [5, 5.41) is 15.1. The van der Waals surface area contributed by atoms with Gasteiger partial charge in [0.2, 0.25) is 0 Å². The molecule has 3 rings (SSSR count). The Bertz CT molecular complexity index is 850. The molecule has 0 aliphatic carbocycles. The highest BCUT2D eigenvalue weighted by atomic mass is 32.2. The molecule has 1 aliphatic heterocycles.